The molecule has 0 aliphatic carbocycles. The highest BCUT2D eigenvalue weighted by atomic mass is 32.2. The van der Waals surface area contributed by atoms with Crippen LogP contribution in [0.4, 0.5) is 0 Å². The van der Waals surface area contributed by atoms with Crippen LogP contribution >= 0.6 is 0 Å². The molecule has 0 N–H and O–H groups in total. The molecule has 0 saturated heterocycles. The van der Waals surface area contributed by atoms with Crippen LogP contribution in [-0.2, 0) is 9.84 Å². The van der Waals surface area contributed by atoms with E-state index in [9.17, 15) is 8.42 Å². The van der Waals surface area contributed by atoms with Gasteiger partial charge in [-0.1, -0.05) is 60.6 Å². The molecule has 3 heteroatoms. The van der Waals surface area contributed by atoms with Gasteiger partial charge in [0.25, 0.3) is 0 Å². The fourth-order valence-electron chi connectivity index (χ4n) is 1.52. The predicted molar refractivity (Wildman–Crippen MR) is 85.1 cm³/mol. The van der Waals surface area contributed by atoms with Gasteiger partial charge in [-0.3, -0.25) is 0 Å². The van der Waals surface area contributed by atoms with Gasteiger partial charge in [-0.2, -0.15) is 0 Å². The van der Waals surface area contributed by atoms with E-state index >= 15 is 0 Å². The maximum atomic E-state index is 12.0. The Hall–Kier alpha value is -0.310. The fraction of sp³-hybridized carbons (Fsp3) is 0.875. The maximum Gasteiger partial charge on any atom is 0.150 e. The van der Waals surface area contributed by atoms with E-state index in [4.69, 9.17) is 0 Å². The Labute approximate surface area is 120 Å². The minimum absolute atomic E-state index is 0.0507. The van der Waals surface area contributed by atoms with Gasteiger partial charge in [0.15, 0.2) is 9.84 Å². The third-order valence-electron chi connectivity index (χ3n) is 3.47. The molecule has 0 aliphatic heterocycles. The quantitative estimate of drug-likeness (QED) is 0.676. The van der Waals surface area contributed by atoms with E-state index in [1.165, 1.54) is 0 Å². The molecule has 0 bridgehead atoms. The summed E-state index contributed by atoms with van der Waals surface area (Å²) in [4.78, 5) is 0. The zero-order valence-corrected chi connectivity index (χ0v) is 14.6. The van der Waals surface area contributed by atoms with Crippen LogP contribution in [-0.4, -0.2) is 19.9 Å². The molecule has 2 nitrogen and oxygen atoms in total. The van der Waals surface area contributed by atoms with Crippen LogP contribution < -0.4 is 0 Å². The first-order valence-corrected chi connectivity index (χ1v) is 9.01. The van der Waals surface area contributed by atoms with Gasteiger partial charge in [0.05, 0.1) is 11.5 Å². The second kappa shape index (κ2) is 6.92. The van der Waals surface area contributed by atoms with Gasteiger partial charge in [0.2, 0.25) is 0 Å². The molecule has 0 aromatic rings. The van der Waals surface area contributed by atoms with Gasteiger partial charge in [0, 0.05) is 0 Å². The molecule has 114 valence electrons. The summed E-state index contributed by atoms with van der Waals surface area (Å²) in [5.41, 5.74) is 0.325. The molecule has 0 rings (SSSR count). The van der Waals surface area contributed by atoms with Crippen molar-refractivity contribution in [3.63, 3.8) is 0 Å². The van der Waals surface area contributed by atoms with Crippen LogP contribution in [0.25, 0.3) is 0 Å². The monoisotopic (exact) mass is 288 g/mol. The van der Waals surface area contributed by atoms with Crippen molar-refractivity contribution in [3.05, 3.63) is 12.2 Å². The highest BCUT2D eigenvalue weighted by molar-refractivity contribution is 7.91. The van der Waals surface area contributed by atoms with Crippen LogP contribution in [0, 0.1) is 16.7 Å². The lowest BCUT2D eigenvalue weighted by molar-refractivity contribution is 0.285. The number of rotatable bonds is 6. The average molecular weight is 288 g/mol. The summed E-state index contributed by atoms with van der Waals surface area (Å²) in [5, 5.41) is 0. The Kier molecular flexibility index (Phi) is 6.80. The molecule has 0 spiro atoms. The van der Waals surface area contributed by atoms with Crippen molar-refractivity contribution in [3.8, 4) is 0 Å². The van der Waals surface area contributed by atoms with Crippen LogP contribution in [0.5, 0.6) is 0 Å². The number of hydrogen-bond acceptors (Lipinski definition) is 2. The highest BCUT2D eigenvalue weighted by Crippen LogP contribution is 2.26. The van der Waals surface area contributed by atoms with Crippen LogP contribution in [0.1, 0.15) is 61.3 Å². The smallest absolute Gasteiger partial charge is 0.150 e. The van der Waals surface area contributed by atoms with Crippen LogP contribution in [0.15, 0.2) is 12.2 Å². The summed E-state index contributed by atoms with van der Waals surface area (Å²) < 4.78 is 24.0. The molecule has 0 amide bonds. The van der Waals surface area contributed by atoms with Crippen molar-refractivity contribution in [1.82, 2.24) is 0 Å². The fourth-order valence-corrected chi connectivity index (χ4v) is 3.44. The van der Waals surface area contributed by atoms with Crippen LogP contribution in [0.3, 0.4) is 0 Å². The second-order valence-corrected chi connectivity index (χ2v) is 10.1. The molecule has 0 aromatic carbocycles. The Morgan fingerprint density at radius 3 is 1.95 bits per heavy atom. The number of allylic oxidation sites excluding steroid dienone is 2. The minimum atomic E-state index is -2.93. The normalized spacial score (nSPS) is 15.9. The Morgan fingerprint density at radius 1 is 1.00 bits per heavy atom. The van der Waals surface area contributed by atoms with Crippen molar-refractivity contribution in [2.45, 2.75) is 61.3 Å². The van der Waals surface area contributed by atoms with Gasteiger partial charge in [-0.05, 0) is 29.6 Å². The third kappa shape index (κ3) is 10.2. The zero-order chi connectivity index (χ0) is 15.3. The number of sulfone groups is 1. The van der Waals surface area contributed by atoms with Gasteiger partial charge < -0.3 is 0 Å². The zero-order valence-electron chi connectivity index (χ0n) is 13.8. The standard InChI is InChI=1S/C16H32O2S/c1-14(16(5,6)7)13-19(17,18)12-10-8-9-11-15(2,3)4/h8-9,14H,10-13H2,1-7H3/b9-8-/t14-/m0/s1. The predicted octanol–water partition coefficient (Wildman–Crippen LogP) is 4.47. The lowest BCUT2D eigenvalue weighted by atomic mass is 9.83. The van der Waals surface area contributed by atoms with Crippen LogP contribution in [0.2, 0.25) is 0 Å². The van der Waals surface area contributed by atoms with Crippen molar-refractivity contribution < 1.29 is 8.42 Å². The topological polar surface area (TPSA) is 34.1 Å². The SMILES string of the molecule is C[C@@H](CS(=O)(=O)CC/C=C\CC(C)(C)C)C(C)(C)C. The lowest BCUT2D eigenvalue weighted by Gasteiger charge is -2.26. The van der Waals surface area contributed by atoms with E-state index in [2.05, 4.69) is 47.6 Å². The summed E-state index contributed by atoms with van der Waals surface area (Å²) in [7, 11) is -2.93. The summed E-state index contributed by atoms with van der Waals surface area (Å²) in [6.45, 7) is 14.8. The van der Waals surface area contributed by atoms with Crippen molar-refractivity contribution in [2.24, 2.45) is 16.7 Å². The lowest BCUT2D eigenvalue weighted by Crippen LogP contribution is -2.26. The van der Waals surface area contributed by atoms with E-state index < -0.39 is 9.84 Å². The molecule has 0 aromatic heterocycles. The molecule has 0 saturated carbocycles. The van der Waals surface area contributed by atoms with E-state index in [0.717, 1.165) is 6.42 Å². The molecular formula is C16H32O2S. The summed E-state index contributed by atoms with van der Waals surface area (Å²) in [6, 6.07) is 0. The van der Waals surface area contributed by atoms with Crippen molar-refractivity contribution in [1.29, 1.82) is 0 Å². The second-order valence-electron chi connectivity index (χ2n) is 7.91. The summed E-state index contributed by atoms with van der Waals surface area (Å²) in [6.07, 6.45) is 5.73. The Balaban J connectivity index is 4.20. The van der Waals surface area contributed by atoms with E-state index in [-0.39, 0.29) is 22.5 Å². The third-order valence-corrected chi connectivity index (χ3v) is 5.34. The van der Waals surface area contributed by atoms with E-state index in [1.807, 2.05) is 13.0 Å². The molecule has 19 heavy (non-hydrogen) atoms. The van der Waals surface area contributed by atoms with Gasteiger partial charge in [0.1, 0.15) is 0 Å². The summed E-state index contributed by atoms with van der Waals surface area (Å²) in [5.74, 6) is 0.758. The molecule has 0 heterocycles. The molecular weight excluding hydrogens is 256 g/mol. The van der Waals surface area contributed by atoms with Crippen molar-refractivity contribution in [2.75, 3.05) is 11.5 Å². The van der Waals surface area contributed by atoms with Gasteiger partial charge in [-0.15, -0.1) is 0 Å². The maximum absolute atomic E-state index is 12.0. The first kappa shape index (κ1) is 18.7. The highest BCUT2D eigenvalue weighted by Gasteiger charge is 2.25. The van der Waals surface area contributed by atoms with Crippen molar-refractivity contribution >= 4 is 9.84 Å². The van der Waals surface area contributed by atoms with E-state index in [0.29, 0.717) is 12.2 Å². The number of hydrogen-bond donors (Lipinski definition) is 0. The molecule has 0 aliphatic rings. The Morgan fingerprint density at radius 2 is 1.53 bits per heavy atom. The molecule has 0 fully saturated rings. The first-order chi connectivity index (χ1) is 8.33. The first-order valence-electron chi connectivity index (χ1n) is 7.19. The van der Waals surface area contributed by atoms with E-state index in [1.54, 1.807) is 0 Å². The average Bonchev–Trinajstić information content (AvgIpc) is 2.12. The molecule has 0 unspecified atom stereocenters. The molecule has 0 radical (unpaired) electrons. The van der Waals surface area contributed by atoms with Gasteiger partial charge >= 0.3 is 0 Å². The largest absolute Gasteiger partial charge is 0.229 e. The van der Waals surface area contributed by atoms with Gasteiger partial charge in [-0.25, -0.2) is 8.42 Å². The summed E-state index contributed by atoms with van der Waals surface area (Å²) >= 11 is 0. The Bertz CT molecular complexity index is 378. The minimum Gasteiger partial charge on any atom is -0.229 e. The molecule has 1 atom stereocenters.